The van der Waals surface area contributed by atoms with Crippen LogP contribution in [0.15, 0.2) is 60.8 Å². The van der Waals surface area contributed by atoms with Crippen LogP contribution in [0.3, 0.4) is 0 Å². The maximum absolute atomic E-state index is 5.53. The molecule has 1 aromatic carbocycles. The Morgan fingerprint density at radius 2 is 1.94 bits per heavy atom. The Labute approximate surface area is 188 Å². The van der Waals surface area contributed by atoms with Crippen LogP contribution in [0.1, 0.15) is 44.0 Å². The predicted molar refractivity (Wildman–Crippen MR) is 137 cm³/mol. The zero-order valence-corrected chi connectivity index (χ0v) is 19.8. The Hall–Kier alpha value is -3.31. The molecular weight excluding hydrogens is 376 g/mol. The van der Waals surface area contributed by atoms with Crippen molar-refractivity contribution in [2.45, 2.75) is 39.5 Å². The van der Waals surface area contributed by atoms with E-state index >= 15 is 0 Å². The van der Waals surface area contributed by atoms with Crippen molar-refractivity contribution in [2.75, 3.05) is 19.0 Å². The number of terminal acetylenes is 1. The van der Waals surface area contributed by atoms with E-state index in [-0.39, 0.29) is 5.41 Å². The van der Waals surface area contributed by atoms with Gasteiger partial charge in [-0.05, 0) is 65.1 Å². The summed E-state index contributed by atoms with van der Waals surface area (Å²) < 4.78 is 0. The zero-order valence-electron chi connectivity index (χ0n) is 19.8. The van der Waals surface area contributed by atoms with E-state index in [1.807, 2.05) is 32.4 Å². The van der Waals surface area contributed by atoms with Crippen molar-refractivity contribution in [3.8, 4) is 12.3 Å². The molecule has 1 aromatic heterocycles. The van der Waals surface area contributed by atoms with E-state index in [1.54, 1.807) is 6.08 Å². The quantitative estimate of drug-likeness (QED) is 0.483. The Balaban J connectivity index is 2.29. The van der Waals surface area contributed by atoms with E-state index in [0.717, 1.165) is 44.9 Å². The molecule has 0 aliphatic rings. The third kappa shape index (κ3) is 6.33. The van der Waals surface area contributed by atoms with Gasteiger partial charge in [-0.25, -0.2) is 0 Å². The summed E-state index contributed by atoms with van der Waals surface area (Å²) in [6.07, 6.45) is 16.3. The average Bonchev–Trinajstić information content (AvgIpc) is 2.69. The molecule has 0 atom stereocenters. The molecule has 160 valence electrons. The molecule has 2 nitrogen and oxygen atoms in total. The highest BCUT2D eigenvalue weighted by Gasteiger charge is 2.15. The van der Waals surface area contributed by atoms with Crippen molar-refractivity contribution < 1.29 is 0 Å². The van der Waals surface area contributed by atoms with E-state index in [4.69, 9.17) is 6.42 Å². The smallest absolute Gasteiger partial charge is 0.0463 e. The van der Waals surface area contributed by atoms with Gasteiger partial charge in [-0.3, -0.25) is 4.98 Å². The zero-order chi connectivity index (χ0) is 23.2. The van der Waals surface area contributed by atoms with Crippen LogP contribution in [-0.2, 0) is 5.41 Å². The van der Waals surface area contributed by atoms with Gasteiger partial charge < -0.3 is 4.90 Å². The third-order valence-electron chi connectivity index (χ3n) is 5.19. The molecule has 0 amide bonds. The molecule has 0 spiro atoms. The second-order valence-electron chi connectivity index (χ2n) is 9.04. The minimum absolute atomic E-state index is 0.0239. The van der Waals surface area contributed by atoms with Crippen molar-refractivity contribution in [1.29, 1.82) is 0 Å². The van der Waals surface area contributed by atoms with Crippen molar-refractivity contribution in [3.63, 3.8) is 0 Å². The Bertz CT molecular complexity index is 1160. The topological polar surface area (TPSA) is 16.1 Å². The van der Waals surface area contributed by atoms with Gasteiger partial charge in [-0.2, -0.15) is 0 Å². The number of anilines is 1. The number of aryl methyl sites for hydroxylation is 1. The lowest BCUT2D eigenvalue weighted by molar-refractivity contribution is 0.568. The van der Waals surface area contributed by atoms with Gasteiger partial charge in [-0.1, -0.05) is 64.1 Å². The second-order valence-corrected chi connectivity index (χ2v) is 9.04. The second kappa shape index (κ2) is 10.1. The molecule has 0 bridgehead atoms. The molecule has 2 rings (SSSR count). The lowest BCUT2D eigenvalue weighted by Crippen LogP contribution is -2.31. The normalized spacial score (nSPS) is 12.8. The van der Waals surface area contributed by atoms with Crippen molar-refractivity contribution in [3.05, 3.63) is 88.1 Å². The van der Waals surface area contributed by atoms with Gasteiger partial charge in [0.25, 0.3) is 0 Å². The highest BCUT2D eigenvalue weighted by molar-refractivity contribution is 5.64. The monoisotopic (exact) mass is 410 g/mol. The number of allylic oxidation sites excluding steroid dienone is 3. The molecule has 0 aliphatic carbocycles. The number of hydrogen-bond donors (Lipinski definition) is 0. The minimum Gasteiger partial charge on any atom is -0.377 e. The fourth-order valence-corrected chi connectivity index (χ4v) is 3.20. The average molecular weight is 411 g/mol. The standard InChI is InChI=1S/C29H34N2/c1-10-13-24-15-12-17-27(31(8)9)26(24)18-22(3)21(2)14-11-16-25-19-28(29(5,6)7)30-20-23(25)4/h1,11-13,15-20H,2-3,14H2,4-9H3/b16-11-,24-13-,26-18+. The summed E-state index contributed by atoms with van der Waals surface area (Å²) in [5.41, 5.74) is 6.42. The number of pyridine rings is 1. The van der Waals surface area contributed by atoms with E-state index in [0.29, 0.717) is 0 Å². The largest absolute Gasteiger partial charge is 0.377 e. The first-order valence-electron chi connectivity index (χ1n) is 10.5. The molecule has 0 radical (unpaired) electrons. The van der Waals surface area contributed by atoms with Crippen molar-refractivity contribution in [2.24, 2.45) is 0 Å². The van der Waals surface area contributed by atoms with Crippen LogP contribution in [0, 0.1) is 19.3 Å². The van der Waals surface area contributed by atoms with E-state index < -0.39 is 0 Å². The first-order chi connectivity index (χ1) is 14.5. The lowest BCUT2D eigenvalue weighted by atomic mass is 9.90. The molecule has 0 N–H and O–H groups in total. The number of benzene rings is 1. The van der Waals surface area contributed by atoms with E-state index in [1.165, 1.54) is 5.56 Å². The molecule has 0 unspecified atom stereocenters. The van der Waals surface area contributed by atoms with Crippen molar-refractivity contribution >= 4 is 23.9 Å². The summed E-state index contributed by atoms with van der Waals surface area (Å²) in [5, 5.41) is 2.06. The van der Waals surface area contributed by atoms with Gasteiger partial charge in [0.2, 0.25) is 0 Å². The molecular formula is C29H34N2. The van der Waals surface area contributed by atoms with Gasteiger partial charge in [0, 0.05) is 42.3 Å². The Morgan fingerprint density at radius 3 is 2.55 bits per heavy atom. The summed E-state index contributed by atoms with van der Waals surface area (Å²) in [4.78, 5) is 6.66. The number of nitrogens with zero attached hydrogens (tertiary/aromatic N) is 2. The van der Waals surface area contributed by atoms with E-state index in [2.05, 4.69) is 87.0 Å². The van der Waals surface area contributed by atoms with Gasteiger partial charge in [0.15, 0.2) is 0 Å². The van der Waals surface area contributed by atoms with Crippen LogP contribution in [0.5, 0.6) is 0 Å². The fourth-order valence-electron chi connectivity index (χ4n) is 3.20. The van der Waals surface area contributed by atoms with Crippen molar-refractivity contribution in [1.82, 2.24) is 4.98 Å². The number of rotatable bonds is 6. The fraction of sp³-hybridized carbons (Fsp3) is 0.276. The van der Waals surface area contributed by atoms with Gasteiger partial charge in [-0.15, -0.1) is 6.42 Å². The highest BCUT2D eigenvalue weighted by atomic mass is 15.1. The summed E-state index contributed by atoms with van der Waals surface area (Å²) in [5.74, 6) is 2.63. The summed E-state index contributed by atoms with van der Waals surface area (Å²) in [6, 6.07) is 8.28. The SMILES string of the molecule is C#C/C=c1/cccc(N(C)C)/c1=C/C(=C)C(=C)C/C=C\c1cc(C(C)(C)C)ncc1C. The first kappa shape index (κ1) is 24.0. The van der Waals surface area contributed by atoms with Gasteiger partial charge in [0.05, 0.1) is 0 Å². The minimum atomic E-state index is 0.0239. The summed E-state index contributed by atoms with van der Waals surface area (Å²) >= 11 is 0. The summed E-state index contributed by atoms with van der Waals surface area (Å²) in [7, 11) is 4.05. The molecule has 0 saturated heterocycles. The molecule has 31 heavy (non-hydrogen) atoms. The van der Waals surface area contributed by atoms with E-state index in [9.17, 15) is 0 Å². The molecule has 0 fully saturated rings. The number of aromatic nitrogens is 1. The van der Waals surface area contributed by atoms with Crippen LogP contribution in [0.2, 0.25) is 0 Å². The van der Waals surface area contributed by atoms with Crippen LogP contribution in [0.4, 0.5) is 5.69 Å². The highest BCUT2D eigenvalue weighted by Crippen LogP contribution is 2.23. The van der Waals surface area contributed by atoms with Crippen LogP contribution in [0.25, 0.3) is 18.2 Å². The molecule has 0 saturated carbocycles. The molecule has 2 heteroatoms. The Morgan fingerprint density at radius 1 is 1.23 bits per heavy atom. The first-order valence-corrected chi connectivity index (χ1v) is 10.5. The van der Waals surface area contributed by atoms with Gasteiger partial charge >= 0.3 is 0 Å². The summed E-state index contributed by atoms with van der Waals surface area (Å²) in [6.45, 7) is 17.1. The van der Waals surface area contributed by atoms with Crippen LogP contribution < -0.4 is 15.3 Å². The molecule has 1 heterocycles. The molecule has 0 aliphatic heterocycles. The third-order valence-corrected chi connectivity index (χ3v) is 5.19. The maximum Gasteiger partial charge on any atom is 0.0463 e. The maximum atomic E-state index is 5.53. The van der Waals surface area contributed by atoms with Crippen LogP contribution >= 0.6 is 0 Å². The molecule has 2 aromatic rings. The number of hydrogen-bond acceptors (Lipinski definition) is 2. The van der Waals surface area contributed by atoms with Crippen LogP contribution in [-0.4, -0.2) is 19.1 Å². The lowest BCUT2D eigenvalue weighted by Gasteiger charge is -2.18. The van der Waals surface area contributed by atoms with Gasteiger partial charge in [0.1, 0.15) is 0 Å². The Kier molecular flexibility index (Phi) is 7.83. The predicted octanol–water partition coefficient (Wildman–Crippen LogP) is 5.16.